The minimum atomic E-state index is 0. The molecule has 23 heavy (non-hydrogen) atoms. The fraction of sp³-hybridized carbons (Fsp3) is 0.941. The molecule has 0 spiro atoms. The monoisotopic (exact) mass is 440 g/mol. The molecular formula is C17H37IN4O. The van der Waals surface area contributed by atoms with Crippen molar-refractivity contribution < 1.29 is 4.74 Å². The third-order valence-electron chi connectivity index (χ3n) is 4.14. The van der Waals surface area contributed by atoms with Crippen LogP contribution in [0.3, 0.4) is 0 Å². The number of hydrogen-bond donors (Lipinski definition) is 2. The van der Waals surface area contributed by atoms with Crippen molar-refractivity contribution in [1.82, 2.24) is 15.5 Å². The van der Waals surface area contributed by atoms with Crippen molar-refractivity contribution in [2.75, 3.05) is 46.4 Å². The highest BCUT2D eigenvalue weighted by Gasteiger charge is 2.23. The number of methoxy groups -OCH3 is 1. The fourth-order valence-electron chi connectivity index (χ4n) is 2.86. The molecule has 0 saturated carbocycles. The van der Waals surface area contributed by atoms with Gasteiger partial charge in [0.15, 0.2) is 5.96 Å². The third kappa shape index (κ3) is 10.4. The van der Waals surface area contributed by atoms with Gasteiger partial charge in [-0.15, -0.1) is 24.0 Å². The molecule has 0 aromatic carbocycles. The van der Waals surface area contributed by atoms with Gasteiger partial charge in [-0.3, -0.25) is 9.89 Å². The summed E-state index contributed by atoms with van der Waals surface area (Å²) in [5.41, 5.74) is 0. The largest absolute Gasteiger partial charge is 0.383 e. The van der Waals surface area contributed by atoms with Crippen molar-refractivity contribution in [3.05, 3.63) is 0 Å². The molecule has 0 radical (unpaired) electrons. The van der Waals surface area contributed by atoms with E-state index in [0.29, 0.717) is 6.04 Å². The van der Waals surface area contributed by atoms with Crippen LogP contribution < -0.4 is 10.6 Å². The summed E-state index contributed by atoms with van der Waals surface area (Å²) in [7, 11) is 1.77. The summed E-state index contributed by atoms with van der Waals surface area (Å²) in [5.74, 6) is 1.74. The second kappa shape index (κ2) is 14.3. The Morgan fingerprint density at radius 2 is 2.13 bits per heavy atom. The van der Waals surface area contributed by atoms with Crippen LogP contribution in [-0.2, 0) is 4.74 Å². The van der Waals surface area contributed by atoms with Gasteiger partial charge in [-0.1, -0.05) is 13.8 Å². The van der Waals surface area contributed by atoms with Gasteiger partial charge in [0.2, 0.25) is 0 Å². The van der Waals surface area contributed by atoms with Crippen LogP contribution in [0.2, 0.25) is 0 Å². The first-order valence-electron chi connectivity index (χ1n) is 8.92. The first-order chi connectivity index (χ1) is 10.7. The molecule has 0 bridgehead atoms. The number of nitrogens with zero attached hydrogens (tertiary/aromatic N) is 2. The molecule has 0 aromatic rings. The van der Waals surface area contributed by atoms with Crippen molar-refractivity contribution in [3.8, 4) is 0 Å². The van der Waals surface area contributed by atoms with Crippen LogP contribution in [0.4, 0.5) is 0 Å². The molecule has 6 heteroatoms. The van der Waals surface area contributed by atoms with Crippen molar-refractivity contribution in [3.63, 3.8) is 0 Å². The van der Waals surface area contributed by atoms with Crippen LogP contribution in [0.5, 0.6) is 0 Å². The number of nitrogens with one attached hydrogen (secondary N) is 2. The van der Waals surface area contributed by atoms with Crippen LogP contribution in [0.25, 0.3) is 0 Å². The number of hydrogen-bond acceptors (Lipinski definition) is 3. The lowest BCUT2D eigenvalue weighted by Crippen LogP contribution is -2.40. The molecule has 1 unspecified atom stereocenters. The summed E-state index contributed by atoms with van der Waals surface area (Å²) < 4.78 is 5.20. The average molecular weight is 440 g/mol. The molecule has 5 nitrogen and oxygen atoms in total. The fourth-order valence-corrected chi connectivity index (χ4v) is 2.86. The Morgan fingerprint density at radius 3 is 2.78 bits per heavy atom. The zero-order valence-corrected chi connectivity index (χ0v) is 17.8. The highest BCUT2D eigenvalue weighted by atomic mass is 127. The van der Waals surface area contributed by atoms with E-state index in [1.165, 1.54) is 32.2 Å². The summed E-state index contributed by atoms with van der Waals surface area (Å²) in [6, 6.07) is 0.571. The molecule has 1 fully saturated rings. The number of guanidine groups is 1. The van der Waals surface area contributed by atoms with Gasteiger partial charge in [0.25, 0.3) is 0 Å². The predicted molar refractivity (Wildman–Crippen MR) is 110 cm³/mol. The standard InChI is InChI=1S/C17H36N4O.HI/c1-5-18-17(19-10-6-8-15(2)3)20-14-16-9-7-11-21(16)12-13-22-4;/h15-16H,5-14H2,1-4H3,(H2,18,19,20);1H. The van der Waals surface area contributed by atoms with E-state index in [1.54, 1.807) is 7.11 Å². The number of likely N-dealkylation sites (tertiary alicyclic amines) is 1. The molecule has 0 aromatic heterocycles. The van der Waals surface area contributed by atoms with Crippen LogP contribution in [0, 0.1) is 5.92 Å². The molecule has 1 atom stereocenters. The molecule has 2 N–H and O–H groups in total. The van der Waals surface area contributed by atoms with E-state index in [9.17, 15) is 0 Å². The maximum Gasteiger partial charge on any atom is 0.191 e. The number of rotatable bonds is 10. The van der Waals surface area contributed by atoms with Gasteiger partial charge < -0.3 is 15.4 Å². The zero-order valence-electron chi connectivity index (χ0n) is 15.4. The third-order valence-corrected chi connectivity index (χ3v) is 4.14. The molecule has 0 amide bonds. The van der Waals surface area contributed by atoms with E-state index < -0.39 is 0 Å². The van der Waals surface area contributed by atoms with Gasteiger partial charge in [-0.05, 0) is 45.1 Å². The van der Waals surface area contributed by atoms with Crippen LogP contribution in [0.1, 0.15) is 46.5 Å². The Hall–Kier alpha value is -0.0800. The molecule has 1 heterocycles. The normalized spacial score (nSPS) is 19.0. The van der Waals surface area contributed by atoms with Gasteiger partial charge in [0.05, 0.1) is 13.2 Å². The van der Waals surface area contributed by atoms with Gasteiger partial charge in [0, 0.05) is 32.8 Å². The second-order valence-corrected chi connectivity index (χ2v) is 6.51. The lowest BCUT2D eigenvalue weighted by molar-refractivity contribution is 0.142. The van der Waals surface area contributed by atoms with Crippen molar-refractivity contribution in [2.24, 2.45) is 10.9 Å². The highest BCUT2D eigenvalue weighted by molar-refractivity contribution is 14.0. The Kier molecular flexibility index (Phi) is 14.2. The summed E-state index contributed by atoms with van der Waals surface area (Å²) >= 11 is 0. The molecule has 1 aliphatic rings. The summed E-state index contributed by atoms with van der Waals surface area (Å²) in [4.78, 5) is 7.29. The van der Waals surface area contributed by atoms with Crippen LogP contribution in [0.15, 0.2) is 4.99 Å². The maximum atomic E-state index is 5.20. The van der Waals surface area contributed by atoms with E-state index in [-0.39, 0.29) is 24.0 Å². The topological polar surface area (TPSA) is 48.9 Å². The lowest BCUT2D eigenvalue weighted by atomic mass is 10.1. The summed E-state index contributed by atoms with van der Waals surface area (Å²) in [5, 5.41) is 6.80. The summed E-state index contributed by atoms with van der Waals surface area (Å²) in [6.07, 6.45) is 4.99. The first-order valence-corrected chi connectivity index (χ1v) is 8.92. The minimum absolute atomic E-state index is 0. The van der Waals surface area contributed by atoms with E-state index in [4.69, 9.17) is 9.73 Å². The Bertz CT molecular complexity index is 313. The van der Waals surface area contributed by atoms with E-state index in [1.807, 2.05) is 0 Å². The quantitative estimate of drug-likeness (QED) is 0.237. The molecule has 1 saturated heterocycles. The molecule has 0 aliphatic carbocycles. The van der Waals surface area contributed by atoms with Crippen molar-refractivity contribution in [2.45, 2.75) is 52.5 Å². The molecular weight excluding hydrogens is 403 g/mol. The summed E-state index contributed by atoms with van der Waals surface area (Å²) in [6.45, 7) is 12.5. The second-order valence-electron chi connectivity index (χ2n) is 6.51. The maximum absolute atomic E-state index is 5.20. The Balaban J connectivity index is 0.00000484. The molecule has 138 valence electrons. The predicted octanol–water partition coefficient (Wildman–Crippen LogP) is 2.71. The van der Waals surface area contributed by atoms with E-state index in [2.05, 4.69) is 36.3 Å². The van der Waals surface area contributed by atoms with Gasteiger partial charge in [-0.25, -0.2) is 0 Å². The molecule has 1 rings (SSSR count). The molecule has 1 aliphatic heterocycles. The Morgan fingerprint density at radius 1 is 1.35 bits per heavy atom. The van der Waals surface area contributed by atoms with Gasteiger partial charge >= 0.3 is 0 Å². The minimum Gasteiger partial charge on any atom is -0.383 e. The van der Waals surface area contributed by atoms with E-state index in [0.717, 1.165) is 44.7 Å². The Labute approximate surface area is 160 Å². The van der Waals surface area contributed by atoms with E-state index >= 15 is 0 Å². The van der Waals surface area contributed by atoms with Gasteiger partial charge in [0.1, 0.15) is 0 Å². The average Bonchev–Trinajstić information content (AvgIpc) is 2.94. The lowest BCUT2D eigenvalue weighted by Gasteiger charge is -2.23. The number of aliphatic imine (C=N–C) groups is 1. The number of ether oxygens (including phenoxy) is 1. The number of halogens is 1. The SMILES string of the molecule is CCNC(=NCC1CCCN1CCOC)NCCCC(C)C.I. The van der Waals surface area contributed by atoms with Crippen molar-refractivity contribution in [1.29, 1.82) is 0 Å². The smallest absolute Gasteiger partial charge is 0.191 e. The van der Waals surface area contributed by atoms with Crippen LogP contribution >= 0.6 is 24.0 Å². The van der Waals surface area contributed by atoms with Crippen LogP contribution in [-0.4, -0.2) is 63.3 Å². The van der Waals surface area contributed by atoms with Gasteiger partial charge in [-0.2, -0.15) is 0 Å². The highest BCUT2D eigenvalue weighted by Crippen LogP contribution is 2.16. The first kappa shape index (κ1) is 22.9. The van der Waals surface area contributed by atoms with Crippen molar-refractivity contribution >= 4 is 29.9 Å². The zero-order chi connectivity index (χ0) is 16.2.